The molecule has 0 aliphatic heterocycles. The van der Waals surface area contributed by atoms with Gasteiger partial charge < -0.3 is 5.32 Å². The Balaban J connectivity index is 2.34. The summed E-state index contributed by atoms with van der Waals surface area (Å²) < 4.78 is 36.9. The highest BCUT2D eigenvalue weighted by Gasteiger charge is 2.47. The number of benzene rings is 2. The largest absolute Gasteiger partial charge is 0.391 e. The fraction of sp³-hybridized carbons (Fsp3) is 0.188. The molecule has 0 aliphatic rings. The van der Waals surface area contributed by atoms with Crippen molar-refractivity contribution in [1.82, 2.24) is 0 Å². The fourth-order valence-corrected chi connectivity index (χ4v) is 2.72. The molecule has 116 valence electrons. The van der Waals surface area contributed by atoms with Crippen molar-refractivity contribution in [3.63, 3.8) is 0 Å². The van der Waals surface area contributed by atoms with Crippen molar-refractivity contribution < 1.29 is 18.0 Å². The van der Waals surface area contributed by atoms with Crippen molar-refractivity contribution in [2.45, 2.75) is 16.9 Å². The third kappa shape index (κ3) is 4.10. The first kappa shape index (κ1) is 16.5. The van der Waals surface area contributed by atoms with Gasteiger partial charge in [0.15, 0.2) is 0 Å². The molecule has 0 fully saturated rings. The molecule has 2 aromatic carbocycles. The number of rotatable bonds is 4. The maximum absolute atomic E-state index is 12.9. The van der Waals surface area contributed by atoms with Crippen LogP contribution in [0.3, 0.4) is 0 Å². The van der Waals surface area contributed by atoms with Gasteiger partial charge in [-0.1, -0.05) is 64.5 Å². The van der Waals surface area contributed by atoms with E-state index in [1.165, 1.54) is 12.1 Å². The molecular formula is C16H13BrF3NO. The maximum Gasteiger partial charge on any atom is 0.391 e. The fourth-order valence-electron chi connectivity index (χ4n) is 2.04. The van der Waals surface area contributed by atoms with Crippen LogP contribution in [0.1, 0.15) is 12.0 Å². The zero-order chi connectivity index (χ0) is 16.2. The molecule has 0 radical (unpaired) electrons. The summed E-state index contributed by atoms with van der Waals surface area (Å²) in [5.74, 6) is -0.762. The van der Waals surface area contributed by atoms with Gasteiger partial charge >= 0.3 is 6.18 Å². The molecule has 0 spiro atoms. The van der Waals surface area contributed by atoms with E-state index in [-0.39, 0.29) is 5.56 Å². The number of anilines is 1. The molecule has 0 aromatic heterocycles. The van der Waals surface area contributed by atoms with E-state index >= 15 is 0 Å². The number of amides is 1. The third-order valence-corrected chi connectivity index (χ3v) is 4.17. The van der Waals surface area contributed by atoms with Gasteiger partial charge in [0.1, 0.15) is 4.32 Å². The van der Waals surface area contributed by atoms with Gasteiger partial charge in [-0.3, -0.25) is 4.79 Å². The van der Waals surface area contributed by atoms with Crippen molar-refractivity contribution >= 4 is 27.5 Å². The van der Waals surface area contributed by atoms with Gasteiger partial charge in [-0.05, 0) is 17.7 Å². The Bertz CT molecular complexity index is 631. The molecule has 1 N–H and O–H groups in total. The van der Waals surface area contributed by atoms with E-state index in [0.29, 0.717) is 5.69 Å². The summed E-state index contributed by atoms with van der Waals surface area (Å²) in [6.07, 6.45) is -5.80. The van der Waals surface area contributed by atoms with E-state index in [2.05, 4.69) is 21.2 Å². The smallest absolute Gasteiger partial charge is 0.325 e. The lowest BCUT2D eigenvalue weighted by Crippen LogP contribution is -2.38. The van der Waals surface area contributed by atoms with E-state index in [4.69, 9.17) is 0 Å². The Hall–Kier alpha value is -1.82. The van der Waals surface area contributed by atoms with Crippen molar-refractivity contribution in [3.05, 3.63) is 66.2 Å². The van der Waals surface area contributed by atoms with Crippen LogP contribution in [0.4, 0.5) is 18.9 Å². The molecule has 0 saturated heterocycles. The number of halogens is 4. The van der Waals surface area contributed by atoms with Crippen LogP contribution in [0.25, 0.3) is 0 Å². The summed E-state index contributed by atoms with van der Waals surface area (Å²) in [7, 11) is 0. The van der Waals surface area contributed by atoms with Crippen molar-refractivity contribution in [1.29, 1.82) is 0 Å². The second kappa shape index (κ2) is 6.52. The average molecular weight is 372 g/mol. The normalized spacial score (nSPS) is 14.2. The predicted octanol–water partition coefficient (Wildman–Crippen LogP) is 4.87. The van der Waals surface area contributed by atoms with Crippen LogP contribution in [0.15, 0.2) is 60.7 Å². The molecule has 2 rings (SSSR count). The van der Waals surface area contributed by atoms with E-state index in [9.17, 15) is 18.0 Å². The van der Waals surface area contributed by atoms with Gasteiger partial charge in [-0.25, -0.2) is 0 Å². The molecule has 0 aliphatic carbocycles. The first-order valence-corrected chi connectivity index (χ1v) is 7.28. The van der Waals surface area contributed by atoms with Crippen LogP contribution < -0.4 is 5.32 Å². The molecule has 1 unspecified atom stereocenters. The molecule has 6 heteroatoms. The van der Waals surface area contributed by atoms with Gasteiger partial charge in [0.25, 0.3) is 0 Å². The quantitative estimate of drug-likeness (QED) is 0.763. The van der Waals surface area contributed by atoms with Gasteiger partial charge in [-0.15, -0.1) is 0 Å². The second-order valence-electron chi connectivity index (χ2n) is 4.78. The number of hydrogen-bond acceptors (Lipinski definition) is 1. The number of carbonyl (C=O) groups is 1. The number of carbonyl (C=O) groups excluding carboxylic acids is 1. The number of alkyl halides is 4. The molecule has 0 saturated carbocycles. The van der Waals surface area contributed by atoms with E-state index < -0.39 is 22.8 Å². The molecule has 22 heavy (non-hydrogen) atoms. The zero-order valence-corrected chi connectivity index (χ0v) is 13.0. The number of nitrogens with one attached hydrogen (secondary N) is 1. The first-order chi connectivity index (χ1) is 10.3. The Morgan fingerprint density at radius 2 is 1.45 bits per heavy atom. The SMILES string of the molecule is O=C(Nc1ccccc1)C(Br)(CC(F)(F)F)c1ccccc1. The lowest BCUT2D eigenvalue weighted by Gasteiger charge is -2.28. The van der Waals surface area contributed by atoms with Gasteiger partial charge in [0.05, 0.1) is 6.42 Å². The van der Waals surface area contributed by atoms with E-state index in [0.717, 1.165) is 0 Å². The minimum absolute atomic E-state index is 0.251. The van der Waals surface area contributed by atoms with Crippen LogP contribution in [0, 0.1) is 0 Å². The Morgan fingerprint density at radius 1 is 0.955 bits per heavy atom. The highest BCUT2D eigenvalue weighted by Crippen LogP contribution is 2.42. The minimum atomic E-state index is -4.49. The Morgan fingerprint density at radius 3 is 1.95 bits per heavy atom. The van der Waals surface area contributed by atoms with Crippen LogP contribution in [0.2, 0.25) is 0 Å². The molecular weight excluding hydrogens is 359 g/mol. The highest BCUT2D eigenvalue weighted by atomic mass is 79.9. The van der Waals surface area contributed by atoms with E-state index in [1.54, 1.807) is 48.5 Å². The lowest BCUT2D eigenvalue weighted by atomic mass is 9.94. The summed E-state index contributed by atoms with van der Waals surface area (Å²) in [5.41, 5.74) is 0.690. The maximum atomic E-state index is 12.9. The summed E-state index contributed by atoms with van der Waals surface area (Å²) in [6, 6.07) is 16.2. The summed E-state index contributed by atoms with van der Waals surface area (Å²) >= 11 is 3.02. The van der Waals surface area contributed by atoms with Gasteiger partial charge in [0.2, 0.25) is 5.91 Å². The monoisotopic (exact) mass is 371 g/mol. The van der Waals surface area contributed by atoms with Crippen LogP contribution >= 0.6 is 15.9 Å². The number of para-hydroxylation sites is 1. The molecule has 2 nitrogen and oxygen atoms in total. The first-order valence-electron chi connectivity index (χ1n) is 6.49. The lowest BCUT2D eigenvalue weighted by molar-refractivity contribution is -0.148. The third-order valence-electron chi connectivity index (χ3n) is 3.07. The Labute approximate surface area is 134 Å². The molecule has 0 heterocycles. The van der Waals surface area contributed by atoms with Gasteiger partial charge in [-0.2, -0.15) is 13.2 Å². The van der Waals surface area contributed by atoms with Crippen LogP contribution in [0.5, 0.6) is 0 Å². The van der Waals surface area contributed by atoms with Crippen LogP contribution in [-0.4, -0.2) is 12.1 Å². The molecule has 1 atom stereocenters. The summed E-state index contributed by atoms with van der Waals surface area (Å²) in [6.45, 7) is 0. The minimum Gasteiger partial charge on any atom is -0.325 e. The molecule has 0 bridgehead atoms. The van der Waals surface area contributed by atoms with Gasteiger partial charge in [0, 0.05) is 5.69 Å². The molecule has 1 amide bonds. The summed E-state index contributed by atoms with van der Waals surface area (Å²) in [4.78, 5) is 12.5. The van der Waals surface area contributed by atoms with E-state index in [1.807, 2.05) is 0 Å². The number of hydrogen-bond donors (Lipinski definition) is 1. The molecule has 2 aromatic rings. The zero-order valence-electron chi connectivity index (χ0n) is 11.4. The van der Waals surface area contributed by atoms with Crippen LogP contribution in [-0.2, 0) is 9.12 Å². The topological polar surface area (TPSA) is 29.1 Å². The summed E-state index contributed by atoms with van der Waals surface area (Å²) in [5, 5.41) is 2.52. The standard InChI is InChI=1S/C16H13BrF3NO/c17-15(11-16(18,19)20,12-7-3-1-4-8-12)14(22)21-13-9-5-2-6-10-13/h1-10H,11H2,(H,21,22). The predicted molar refractivity (Wildman–Crippen MR) is 82.8 cm³/mol. The van der Waals surface area contributed by atoms with Crippen molar-refractivity contribution in [3.8, 4) is 0 Å². The highest BCUT2D eigenvalue weighted by molar-refractivity contribution is 9.10. The Kier molecular flexibility index (Phi) is 4.90. The average Bonchev–Trinajstić information content (AvgIpc) is 2.47. The second-order valence-corrected chi connectivity index (χ2v) is 6.13. The van der Waals surface area contributed by atoms with Crippen molar-refractivity contribution in [2.24, 2.45) is 0 Å². The van der Waals surface area contributed by atoms with Crippen molar-refractivity contribution in [2.75, 3.05) is 5.32 Å².